The lowest BCUT2D eigenvalue weighted by molar-refractivity contribution is 0.122. The van der Waals surface area contributed by atoms with Crippen LogP contribution in [0, 0.1) is 0 Å². The third-order valence-corrected chi connectivity index (χ3v) is 4.95. The zero-order valence-corrected chi connectivity index (χ0v) is 16.1. The summed E-state index contributed by atoms with van der Waals surface area (Å²) in [5, 5.41) is 4.46. The van der Waals surface area contributed by atoms with Gasteiger partial charge in [0.2, 0.25) is 17.8 Å². The van der Waals surface area contributed by atoms with Gasteiger partial charge >= 0.3 is 0 Å². The predicted octanol–water partition coefficient (Wildman–Crippen LogP) is 1.73. The van der Waals surface area contributed by atoms with Gasteiger partial charge in [-0.2, -0.15) is 20.1 Å². The number of morpholine rings is 1. The van der Waals surface area contributed by atoms with Gasteiger partial charge in [-0.3, -0.25) is 0 Å². The lowest BCUT2D eigenvalue weighted by Gasteiger charge is -2.27. The van der Waals surface area contributed by atoms with E-state index in [0.29, 0.717) is 31.1 Å². The minimum atomic E-state index is 0.452. The van der Waals surface area contributed by atoms with Crippen LogP contribution in [-0.2, 0) is 4.74 Å². The quantitative estimate of drug-likeness (QED) is 0.458. The number of hydrazone groups is 1. The first-order chi connectivity index (χ1) is 13.7. The Bertz CT molecular complexity index is 826. The van der Waals surface area contributed by atoms with Gasteiger partial charge in [-0.05, 0) is 37.5 Å². The molecule has 2 aliphatic heterocycles. The fraction of sp³-hybridized carbons (Fsp3) is 0.474. The van der Waals surface area contributed by atoms with Gasteiger partial charge in [0.05, 0.1) is 18.9 Å². The Kier molecular flexibility index (Phi) is 5.52. The van der Waals surface area contributed by atoms with Gasteiger partial charge in [0.1, 0.15) is 0 Å². The number of hydrogen-bond donors (Lipinski definition) is 2. The van der Waals surface area contributed by atoms with Gasteiger partial charge in [-0.1, -0.05) is 12.1 Å². The molecular weight excluding hydrogens is 356 g/mol. The first-order valence-electron chi connectivity index (χ1n) is 9.69. The minimum Gasteiger partial charge on any atom is -0.399 e. The second-order valence-electron chi connectivity index (χ2n) is 6.98. The average Bonchev–Trinajstić information content (AvgIpc) is 3.28. The van der Waals surface area contributed by atoms with Crippen molar-refractivity contribution in [1.29, 1.82) is 0 Å². The number of ether oxygens (including phenoxy) is 1. The molecular formula is C19H26N8O. The normalized spacial score (nSPS) is 17.8. The molecule has 2 fully saturated rings. The van der Waals surface area contributed by atoms with Crippen molar-refractivity contribution in [3.63, 3.8) is 0 Å². The summed E-state index contributed by atoms with van der Waals surface area (Å²) < 4.78 is 5.45. The standard InChI is InChI=1S/C19H26N8O/c1-14(15-4-6-16(20)7-5-15)24-25-17-21-18(26-8-2-3-9-26)23-19(22-17)27-10-12-28-13-11-27/h4-7H,2-3,8-13,20H2,1H3,(H,21,22,23,25)/b24-14-. The summed E-state index contributed by atoms with van der Waals surface area (Å²) in [6, 6.07) is 7.61. The van der Waals surface area contributed by atoms with Crippen molar-refractivity contribution in [3.8, 4) is 0 Å². The fourth-order valence-corrected chi connectivity index (χ4v) is 3.29. The van der Waals surface area contributed by atoms with E-state index in [1.807, 2.05) is 31.2 Å². The topological polar surface area (TPSA) is 105 Å². The van der Waals surface area contributed by atoms with E-state index < -0.39 is 0 Å². The number of rotatable bonds is 5. The highest BCUT2D eigenvalue weighted by Gasteiger charge is 2.21. The summed E-state index contributed by atoms with van der Waals surface area (Å²) in [6.07, 6.45) is 2.32. The Hall–Kier alpha value is -2.94. The van der Waals surface area contributed by atoms with Gasteiger partial charge in [-0.15, -0.1) is 0 Å². The molecule has 0 amide bonds. The van der Waals surface area contributed by atoms with Crippen molar-refractivity contribution in [1.82, 2.24) is 15.0 Å². The zero-order chi connectivity index (χ0) is 19.3. The molecule has 3 N–H and O–H groups in total. The van der Waals surface area contributed by atoms with Crippen molar-refractivity contribution < 1.29 is 4.74 Å². The highest BCUT2D eigenvalue weighted by molar-refractivity contribution is 5.99. The van der Waals surface area contributed by atoms with E-state index in [9.17, 15) is 0 Å². The number of nitrogens with two attached hydrogens (primary N) is 1. The van der Waals surface area contributed by atoms with Crippen LogP contribution in [0.5, 0.6) is 0 Å². The van der Waals surface area contributed by atoms with Crippen LogP contribution in [0.1, 0.15) is 25.3 Å². The Labute approximate surface area is 164 Å². The first-order valence-corrected chi connectivity index (χ1v) is 9.69. The summed E-state index contributed by atoms with van der Waals surface area (Å²) in [6.45, 7) is 6.79. The molecule has 2 saturated heterocycles. The van der Waals surface area contributed by atoms with E-state index in [1.165, 1.54) is 0 Å². The van der Waals surface area contributed by atoms with Gasteiger partial charge in [0.25, 0.3) is 0 Å². The highest BCUT2D eigenvalue weighted by Crippen LogP contribution is 2.21. The summed E-state index contributed by atoms with van der Waals surface area (Å²) in [5.74, 6) is 1.83. The molecule has 0 aliphatic carbocycles. The number of nitrogens with zero attached hydrogens (tertiary/aromatic N) is 6. The predicted molar refractivity (Wildman–Crippen MR) is 111 cm³/mol. The number of benzene rings is 1. The maximum atomic E-state index is 5.76. The Morgan fingerprint density at radius 1 is 0.964 bits per heavy atom. The van der Waals surface area contributed by atoms with Gasteiger partial charge in [-0.25, -0.2) is 5.43 Å². The fourth-order valence-electron chi connectivity index (χ4n) is 3.29. The summed E-state index contributed by atoms with van der Waals surface area (Å²) in [5.41, 5.74) is 11.3. The van der Waals surface area contributed by atoms with Crippen molar-refractivity contribution in [3.05, 3.63) is 29.8 Å². The number of hydrogen-bond acceptors (Lipinski definition) is 9. The SMILES string of the molecule is C/C(=N/Nc1nc(N2CCCC2)nc(N2CCOCC2)n1)c1ccc(N)cc1. The third-order valence-electron chi connectivity index (χ3n) is 4.95. The van der Waals surface area contributed by atoms with E-state index >= 15 is 0 Å². The number of aromatic nitrogens is 3. The zero-order valence-electron chi connectivity index (χ0n) is 16.1. The van der Waals surface area contributed by atoms with Crippen LogP contribution in [0.25, 0.3) is 0 Å². The van der Waals surface area contributed by atoms with Gasteiger partial charge in [0.15, 0.2) is 0 Å². The van der Waals surface area contributed by atoms with Crippen LogP contribution in [0.3, 0.4) is 0 Å². The lowest BCUT2D eigenvalue weighted by atomic mass is 10.1. The maximum Gasteiger partial charge on any atom is 0.250 e. The molecule has 9 heteroatoms. The molecule has 0 bridgehead atoms. The summed E-state index contributed by atoms with van der Waals surface area (Å²) in [4.78, 5) is 18.2. The number of nitrogen functional groups attached to an aromatic ring is 1. The van der Waals surface area contributed by atoms with Crippen molar-refractivity contribution in [2.45, 2.75) is 19.8 Å². The van der Waals surface area contributed by atoms with E-state index in [-0.39, 0.29) is 0 Å². The molecule has 28 heavy (non-hydrogen) atoms. The Balaban J connectivity index is 1.58. The van der Waals surface area contributed by atoms with E-state index in [4.69, 9.17) is 15.5 Å². The number of nitrogens with one attached hydrogen (secondary N) is 1. The molecule has 1 aromatic heterocycles. The molecule has 0 spiro atoms. The van der Waals surface area contributed by atoms with E-state index in [1.54, 1.807) is 0 Å². The van der Waals surface area contributed by atoms with Crippen molar-refractivity contribution in [2.24, 2.45) is 5.10 Å². The Morgan fingerprint density at radius 3 is 2.21 bits per heavy atom. The molecule has 0 radical (unpaired) electrons. The van der Waals surface area contributed by atoms with Crippen LogP contribution in [0.2, 0.25) is 0 Å². The summed E-state index contributed by atoms with van der Waals surface area (Å²) in [7, 11) is 0. The van der Waals surface area contributed by atoms with E-state index in [2.05, 4.69) is 30.3 Å². The van der Waals surface area contributed by atoms with Gasteiger partial charge in [0, 0.05) is 31.9 Å². The third kappa shape index (κ3) is 4.30. The monoisotopic (exact) mass is 382 g/mol. The van der Waals surface area contributed by atoms with Crippen molar-refractivity contribution in [2.75, 3.05) is 60.4 Å². The average molecular weight is 382 g/mol. The van der Waals surface area contributed by atoms with Gasteiger partial charge < -0.3 is 20.3 Å². The molecule has 2 aromatic rings. The smallest absolute Gasteiger partial charge is 0.250 e. The molecule has 3 heterocycles. The molecule has 0 saturated carbocycles. The molecule has 4 rings (SSSR count). The van der Waals surface area contributed by atoms with Crippen LogP contribution in [-0.4, -0.2) is 60.1 Å². The van der Waals surface area contributed by atoms with Crippen LogP contribution in [0.4, 0.5) is 23.5 Å². The molecule has 0 atom stereocenters. The molecule has 148 valence electrons. The summed E-state index contributed by atoms with van der Waals surface area (Å²) >= 11 is 0. The molecule has 9 nitrogen and oxygen atoms in total. The largest absolute Gasteiger partial charge is 0.399 e. The second-order valence-corrected chi connectivity index (χ2v) is 6.98. The Morgan fingerprint density at radius 2 is 1.57 bits per heavy atom. The second kappa shape index (κ2) is 8.39. The molecule has 2 aliphatic rings. The minimum absolute atomic E-state index is 0.452. The van der Waals surface area contributed by atoms with Crippen LogP contribution in [0.15, 0.2) is 29.4 Å². The number of anilines is 4. The maximum absolute atomic E-state index is 5.76. The molecule has 1 aromatic carbocycles. The van der Waals surface area contributed by atoms with Crippen LogP contribution >= 0.6 is 0 Å². The lowest BCUT2D eigenvalue weighted by Crippen LogP contribution is -2.38. The molecule has 0 unspecified atom stereocenters. The van der Waals surface area contributed by atoms with Crippen LogP contribution < -0.4 is 21.0 Å². The van der Waals surface area contributed by atoms with Crippen molar-refractivity contribution >= 4 is 29.2 Å². The first kappa shape index (κ1) is 18.4. The van der Waals surface area contributed by atoms with E-state index in [0.717, 1.165) is 56.0 Å². The highest BCUT2D eigenvalue weighted by atomic mass is 16.5.